The molecule has 6 heteroatoms. The van der Waals surface area contributed by atoms with Gasteiger partial charge in [-0.15, -0.1) is 0 Å². The number of H-pyrrole nitrogens is 1. The van der Waals surface area contributed by atoms with E-state index in [0.29, 0.717) is 21.3 Å². The van der Waals surface area contributed by atoms with Crippen molar-refractivity contribution in [1.29, 1.82) is 0 Å². The van der Waals surface area contributed by atoms with Crippen LogP contribution in [0.5, 0.6) is 0 Å². The van der Waals surface area contributed by atoms with Crippen LogP contribution in [0.2, 0.25) is 10.0 Å². The van der Waals surface area contributed by atoms with Crippen LogP contribution < -0.4 is 5.56 Å². The van der Waals surface area contributed by atoms with E-state index in [1.165, 1.54) is 4.68 Å². The van der Waals surface area contributed by atoms with Gasteiger partial charge in [0.05, 0.1) is 21.4 Å². The van der Waals surface area contributed by atoms with Crippen molar-refractivity contribution in [3.63, 3.8) is 0 Å². The molecule has 21 heavy (non-hydrogen) atoms. The van der Waals surface area contributed by atoms with Crippen LogP contribution in [0.1, 0.15) is 5.56 Å². The fourth-order valence-electron chi connectivity index (χ4n) is 2.12. The summed E-state index contributed by atoms with van der Waals surface area (Å²) in [5.41, 5.74) is 2.71. The summed E-state index contributed by atoms with van der Waals surface area (Å²) in [5.74, 6) is 0. The molecule has 1 N–H and O–H groups in total. The lowest BCUT2D eigenvalue weighted by Crippen LogP contribution is -2.15. The number of pyridine rings is 1. The molecule has 0 amide bonds. The van der Waals surface area contributed by atoms with Gasteiger partial charge in [0.15, 0.2) is 0 Å². The van der Waals surface area contributed by atoms with Crippen LogP contribution in [0.15, 0.2) is 47.5 Å². The number of aromatic amines is 1. The summed E-state index contributed by atoms with van der Waals surface area (Å²) in [4.78, 5) is 16.5. The lowest BCUT2D eigenvalue weighted by Gasteiger charge is -2.04. The third kappa shape index (κ3) is 2.48. The predicted octanol–water partition coefficient (Wildman–Crippen LogP) is 3.84. The van der Waals surface area contributed by atoms with Gasteiger partial charge in [-0.2, -0.15) is 0 Å². The van der Waals surface area contributed by atoms with E-state index in [9.17, 15) is 4.79 Å². The molecule has 0 saturated heterocycles. The minimum absolute atomic E-state index is 0.132. The van der Waals surface area contributed by atoms with Crippen LogP contribution in [0.4, 0.5) is 0 Å². The Kier molecular flexibility index (Phi) is 3.57. The number of hydrogen-bond acceptors (Lipinski definition) is 2. The Labute approximate surface area is 131 Å². The first-order valence-corrected chi connectivity index (χ1v) is 7.01. The highest BCUT2D eigenvalue weighted by molar-refractivity contribution is 6.42. The van der Waals surface area contributed by atoms with E-state index in [0.717, 1.165) is 11.3 Å². The molecule has 4 nitrogen and oxygen atoms in total. The molecule has 0 unspecified atom stereocenters. The average Bonchev–Trinajstić information content (AvgIpc) is 2.79. The van der Waals surface area contributed by atoms with Gasteiger partial charge in [0.2, 0.25) is 0 Å². The molecule has 106 valence electrons. The van der Waals surface area contributed by atoms with E-state index < -0.39 is 0 Å². The normalized spacial score (nSPS) is 10.8. The van der Waals surface area contributed by atoms with Crippen LogP contribution in [0.25, 0.3) is 16.9 Å². The molecule has 0 fully saturated rings. The fourth-order valence-corrected chi connectivity index (χ4v) is 2.41. The van der Waals surface area contributed by atoms with Crippen molar-refractivity contribution in [2.75, 3.05) is 0 Å². The summed E-state index contributed by atoms with van der Waals surface area (Å²) < 4.78 is 1.44. The highest BCUT2D eigenvalue weighted by atomic mass is 35.5. The Morgan fingerprint density at radius 1 is 1.19 bits per heavy atom. The van der Waals surface area contributed by atoms with E-state index >= 15 is 0 Å². The zero-order chi connectivity index (χ0) is 15.0. The third-order valence-corrected chi connectivity index (χ3v) is 3.97. The Bertz CT molecular complexity index is 853. The van der Waals surface area contributed by atoms with Crippen molar-refractivity contribution < 1.29 is 0 Å². The Morgan fingerprint density at radius 2 is 2.00 bits per heavy atom. The monoisotopic (exact) mass is 319 g/mol. The topological polar surface area (TPSA) is 50.7 Å². The summed E-state index contributed by atoms with van der Waals surface area (Å²) in [6.45, 7) is 1.77. The number of hydrogen-bond donors (Lipinski definition) is 1. The van der Waals surface area contributed by atoms with Gasteiger partial charge in [0.1, 0.15) is 0 Å². The van der Waals surface area contributed by atoms with Crippen LogP contribution in [0, 0.1) is 6.92 Å². The van der Waals surface area contributed by atoms with Gasteiger partial charge >= 0.3 is 0 Å². The van der Waals surface area contributed by atoms with Crippen molar-refractivity contribution in [1.82, 2.24) is 14.8 Å². The van der Waals surface area contributed by atoms with Crippen LogP contribution in [-0.4, -0.2) is 14.8 Å². The third-order valence-electron chi connectivity index (χ3n) is 3.23. The lowest BCUT2D eigenvalue weighted by atomic mass is 10.1. The van der Waals surface area contributed by atoms with E-state index in [2.05, 4.69) is 10.1 Å². The standard InChI is InChI=1S/C15H11Cl2N3O/c1-9-14(10-3-2-6-18-8-10)19-20(15(9)21)11-4-5-12(16)13(17)7-11/h2-8,19H,1H3. The second kappa shape index (κ2) is 5.39. The summed E-state index contributed by atoms with van der Waals surface area (Å²) in [6.07, 6.45) is 3.39. The minimum Gasteiger partial charge on any atom is -0.290 e. The molecule has 3 aromatic rings. The van der Waals surface area contributed by atoms with E-state index in [4.69, 9.17) is 23.2 Å². The van der Waals surface area contributed by atoms with Gasteiger partial charge in [-0.3, -0.25) is 14.9 Å². The quantitative estimate of drug-likeness (QED) is 0.780. The molecule has 0 spiro atoms. The molecular weight excluding hydrogens is 309 g/mol. The number of benzene rings is 1. The number of rotatable bonds is 2. The molecular formula is C15H11Cl2N3O. The highest BCUT2D eigenvalue weighted by Crippen LogP contribution is 2.25. The van der Waals surface area contributed by atoms with Crippen molar-refractivity contribution in [2.45, 2.75) is 6.92 Å². The first-order chi connectivity index (χ1) is 10.1. The van der Waals surface area contributed by atoms with Crippen molar-refractivity contribution in [2.24, 2.45) is 0 Å². The maximum absolute atomic E-state index is 12.4. The van der Waals surface area contributed by atoms with Gasteiger partial charge in [-0.1, -0.05) is 23.2 Å². The van der Waals surface area contributed by atoms with E-state index in [-0.39, 0.29) is 5.56 Å². The molecule has 0 aliphatic rings. The van der Waals surface area contributed by atoms with Crippen LogP contribution in [0.3, 0.4) is 0 Å². The van der Waals surface area contributed by atoms with Gasteiger partial charge < -0.3 is 0 Å². The van der Waals surface area contributed by atoms with Crippen molar-refractivity contribution in [3.8, 4) is 16.9 Å². The van der Waals surface area contributed by atoms with Gasteiger partial charge in [0, 0.05) is 23.5 Å². The van der Waals surface area contributed by atoms with E-state index in [1.54, 1.807) is 37.5 Å². The SMILES string of the molecule is Cc1c(-c2cccnc2)[nH]n(-c2ccc(Cl)c(Cl)c2)c1=O. The summed E-state index contributed by atoms with van der Waals surface area (Å²) >= 11 is 11.9. The summed E-state index contributed by atoms with van der Waals surface area (Å²) in [5, 5.41) is 3.94. The predicted molar refractivity (Wildman–Crippen MR) is 84.4 cm³/mol. The number of aromatic nitrogens is 3. The number of nitrogens with zero attached hydrogens (tertiary/aromatic N) is 2. The molecule has 2 aromatic heterocycles. The second-order valence-corrected chi connectivity index (χ2v) is 5.41. The molecule has 0 aliphatic heterocycles. The zero-order valence-electron chi connectivity index (χ0n) is 11.1. The van der Waals surface area contributed by atoms with Crippen LogP contribution in [-0.2, 0) is 0 Å². The molecule has 0 atom stereocenters. The smallest absolute Gasteiger partial charge is 0.274 e. The molecule has 0 bridgehead atoms. The minimum atomic E-state index is -0.132. The Balaban J connectivity index is 2.17. The Morgan fingerprint density at radius 3 is 2.67 bits per heavy atom. The molecule has 0 aliphatic carbocycles. The first kappa shape index (κ1) is 13.9. The molecule has 1 aromatic carbocycles. The molecule has 0 saturated carbocycles. The van der Waals surface area contributed by atoms with Crippen LogP contribution >= 0.6 is 23.2 Å². The Hall–Kier alpha value is -2.04. The highest BCUT2D eigenvalue weighted by Gasteiger charge is 2.13. The van der Waals surface area contributed by atoms with Gasteiger partial charge in [-0.25, -0.2) is 4.68 Å². The van der Waals surface area contributed by atoms with Gasteiger partial charge in [0.25, 0.3) is 5.56 Å². The maximum Gasteiger partial charge on any atom is 0.274 e. The summed E-state index contributed by atoms with van der Waals surface area (Å²) in [7, 11) is 0. The van der Waals surface area contributed by atoms with Crippen molar-refractivity contribution in [3.05, 3.63) is 68.7 Å². The van der Waals surface area contributed by atoms with E-state index in [1.807, 2.05) is 12.1 Å². The number of halogens is 2. The number of nitrogens with one attached hydrogen (secondary N) is 1. The largest absolute Gasteiger partial charge is 0.290 e. The lowest BCUT2D eigenvalue weighted by molar-refractivity contribution is 0.851. The molecule has 0 radical (unpaired) electrons. The molecule has 3 rings (SSSR count). The van der Waals surface area contributed by atoms with Crippen molar-refractivity contribution >= 4 is 23.2 Å². The maximum atomic E-state index is 12.4. The average molecular weight is 320 g/mol. The zero-order valence-corrected chi connectivity index (χ0v) is 12.6. The first-order valence-electron chi connectivity index (χ1n) is 6.25. The fraction of sp³-hybridized carbons (Fsp3) is 0.0667. The summed E-state index contributed by atoms with van der Waals surface area (Å²) in [6, 6.07) is 8.76. The van der Waals surface area contributed by atoms with Gasteiger partial charge in [-0.05, 0) is 37.3 Å². The second-order valence-electron chi connectivity index (χ2n) is 4.59. The molecule has 2 heterocycles.